The first-order chi connectivity index (χ1) is 14.3. The molecule has 0 bridgehead atoms. The summed E-state index contributed by atoms with van der Waals surface area (Å²) in [6.07, 6.45) is 4.61. The molecule has 164 valence electrons. The van der Waals surface area contributed by atoms with Gasteiger partial charge in [-0.15, -0.1) is 0 Å². The molecule has 0 spiro atoms. The molecule has 4 rings (SSSR count). The number of nitrogens with zero attached hydrogens (tertiary/aromatic N) is 4. The molecule has 3 aliphatic rings. The summed E-state index contributed by atoms with van der Waals surface area (Å²) < 4.78 is 28.1. The van der Waals surface area contributed by atoms with Gasteiger partial charge in [0.1, 0.15) is 10.9 Å². The Kier molecular flexibility index (Phi) is 5.76. The average molecular weight is 435 g/mol. The molecule has 1 aromatic carbocycles. The molecule has 1 aromatic rings. The molecule has 3 heterocycles. The minimum atomic E-state index is -3.84. The summed E-state index contributed by atoms with van der Waals surface area (Å²) in [6.45, 7) is 1.56. The van der Waals surface area contributed by atoms with Crippen LogP contribution >= 0.6 is 0 Å². The SMILES string of the molecule is CN(C)C(=O)CN1C[C@H]2CC[C@@H](C(=O)N3CCCCC3)N2c2ccccc2S1(=O)=O. The van der Waals surface area contributed by atoms with Crippen molar-refractivity contribution < 1.29 is 18.0 Å². The van der Waals surface area contributed by atoms with Crippen molar-refractivity contribution in [2.24, 2.45) is 0 Å². The zero-order valence-corrected chi connectivity index (χ0v) is 18.5. The van der Waals surface area contributed by atoms with Crippen LogP contribution in [0.15, 0.2) is 29.2 Å². The number of amides is 2. The molecule has 0 unspecified atom stereocenters. The Morgan fingerprint density at radius 2 is 1.77 bits per heavy atom. The molecular formula is C21H30N4O4S. The second-order valence-corrected chi connectivity index (χ2v) is 10.5. The Hall–Kier alpha value is -2.13. The maximum absolute atomic E-state index is 13.4. The third-order valence-electron chi connectivity index (χ3n) is 6.44. The van der Waals surface area contributed by atoms with Gasteiger partial charge in [0, 0.05) is 39.8 Å². The Labute approximate surface area is 178 Å². The number of likely N-dealkylation sites (tertiary alicyclic amines) is 1. The van der Waals surface area contributed by atoms with Crippen molar-refractivity contribution in [1.82, 2.24) is 14.1 Å². The largest absolute Gasteiger partial charge is 0.354 e. The quantitative estimate of drug-likeness (QED) is 0.712. The molecule has 0 N–H and O–H groups in total. The van der Waals surface area contributed by atoms with Crippen molar-refractivity contribution in [3.63, 3.8) is 0 Å². The van der Waals surface area contributed by atoms with Crippen LogP contribution < -0.4 is 4.90 Å². The minimum absolute atomic E-state index is 0.0993. The molecule has 2 amide bonds. The molecule has 0 aliphatic carbocycles. The number of benzene rings is 1. The number of likely N-dealkylation sites (N-methyl/N-ethyl adjacent to an activating group) is 1. The number of hydrogen-bond donors (Lipinski definition) is 0. The third-order valence-corrected chi connectivity index (χ3v) is 8.30. The van der Waals surface area contributed by atoms with Gasteiger partial charge in [0.2, 0.25) is 21.8 Å². The Morgan fingerprint density at radius 1 is 1.07 bits per heavy atom. The van der Waals surface area contributed by atoms with Crippen molar-refractivity contribution in [3.05, 3.63) is 24.3 Å². The van der Waals surface area contributed by atoms with E-state index in [9.17, 15) is 18.0 Å². The lowest BCUT2D eigenvalue weighted by Gasteiger charge is -2.35. The Bertz CT molecular complexity index is 927. The van der Waals surface area contributed by atoms with Gasteiger partial charge in [-0.05, 0) is 44.2 Å². The number of carbonyl (C=O) groups is 2. The van der Waals surface area contributed by atoms with E-state index in [2.05, 4.69) is 0 Å². The van der Waals surface area contributed by atoms with Crippen molar-refractivity contribution in [1.29, 1.82) is 0 Å². The van der Waals surface area contributed by atoms with Crippen LogP contribution in [-0.4, -0.2) is 86.7 Å². The standard InChI is InChI=1S/C21H30N4O4S/c1-22(2)20(26)15-24-14-16-10-11-18(21(27)23-12-6-3-7-13-23)25(16)17-8-4-5-9-19(17)30(24,28)29/h4-5,8-9,16,18H,3,6-7,10-15H2,1-2H3/t16-,18+/m1/s1. The molecule has 2 atom stereocenters. The van der Waals surface area contributed by atoms with Crippen LogP contribution in [0.1, 0.15) is 32.1 Å². The van der Waals surface area contributed by atoms with Crippen molar-refractivity contribution in [3.8, 4) is 0 Å². The summed E-state index contributed by atoms with van der Waals surface area (Å²) in [4.78, 5) is 31.2. The maximum Gasteiger partial charge on any atom is 0.245 e. The van der Waals surface area contributed by atoms with E-state index in [1.54, 1.807) is 32.3 Å². The molecule has 2 saturated heterocycles. The van der Waals surface area contributed by atoms with E-state index in [1.165, 1.54) is 9.21 Å². The van der Waals surface area contributed by atoms with Gasteiger partial charge in [0.15, 0.2) is 0 Å². The van der Waals surface area contributed by atoms with Gasteiger partial charge < -0.3 is 14.7 Å². The van der Waals surface area contributed by atoms with Gasteiger partial charge >= 0.3 is 0 Å². The monoisotopic (exact) mass is 434 g/mol. The highest BCUT2D eigenvalue weighted by atomic mass is 32.2. The van der Waals surface area contributed by atoms with Crippen LogP contribution in [0.3, 0.4) is 0 Å². The first kappa shape index (κ1) is 21.1. The van der Waals surface area contributed by atoms with Crippen molar-refractivity contribution >= 4 is 27.5 Å². The first-order valence-electron chi connectivity index (χ1n) is 10.7. The van der Waals surface area contributed by atoms with Crippen LogP contribution in [0.5, 0.6) is 0 Å². The van der Waals surface area contributed by atoms with E-state index < -0.39 is 10.0 Å². The van der Waals surface area contributed by atoms with Crippen molar-refractivity contribution in [2.75, 3.05) is 45.2 Å². The summed E-state index contributed by atoms with van der Waals surface area (Å²) in [7, 11) is -0.603. The molecule has 3 aliphatic heterocycles. The lowest BCUT2D eigenvalue weighted by Crippen LogP contribution is -2.51. The van der Waals surface area contributed by atoms with Crippen LogP contribution in [-0.2, 0) is 19.6 Å². The van der Waals surface area contributed by atoms with Crippen molar-refractivity contribution in [2.45, 2.75) is 49.1 Å². The highest BCUT2D eigenvalue weighted by Crippen LogP contribution is 2.40. The predicted molar refractivity (Wildman–Crippen MR) is 114 cm³/mol. The zero-order chi connectivity index (χ0) is 21.5. The summed E-state index contributed by atoms with van der Waals surface area (Å²) in [5.74, 6) is -0.161. The number of para-hydroxylation sites is 1. The fourth-order valence-electron chi connectivity index (χ4n) is 4.80. The second kappa shape index (κ2) is 8.19. The lowest BCUT2D eigenvalue weighted by molar-refractivity contribution is -0.133. The van der Waals surface area contributed by atoms with Gasteiger partial charge in [0.05, 0.1) is 12.2 Å². The van der Waals surface area contributed by atoms with Crippen LogP contribution in [0.4, 0.5) is 5.69 Å². The van der Waals surface area contributed by atoms with Crippen LogP contribution in [0, 0.1) is 0 Å². The van der Waals surface area contributed by atoms with Gasteiger partial charge in [-0.3, -0.25) is 9.59 Å². The highest BCUT2D eigenvalue weighted by molar-refractivity contribution is 7.89. The lowest BCUT2D eigenvalue weighted by atomic mass is 10.1. The molecule has 8 nitrogen and oxygen atoms in total. The first-order valence-corrected chi connectivity index (χ1v) is 12.1. The van der Waals surface area contributed by atoms with E-state index in [0.29, 0.717) is 12.1 Å². The Morgan fingerprint density at radius 3 is 2.47 bits per heavy atom. The number of fused-ring (bicyclic) bond motifs is 3. The van der Waals surface area contributed by atoms with E-state index in [4.69, 9.17) is 0 Å². The summed E-state index contributed by atoms with van der Waals surface area (Å²) in [5.41, 5.74) is 0.579. The van der Waals surface area contributed by atoms with E-state index in [-0.39, 0.29) is 41.9 Å². The van der Waals surface area contributed by atoms with Gasteiger partial charge in [-0.2, -0.15) is 4.31 Å². The number of anilines is 1. The average Bonchev–Trinajstić information content (AvgIpc) is 3.13. The number of piperidine rings is 1. The van der Waals surface area contributed by atoms with Gasteiger partial charge in [-0.25, -0.2) is 8.42 Å². The number of hydrogen-bond acceptors (Lipinski definition) is 5. The summed E-state index contributed by atoms with van der Waals surface area (Å²) in [6, 6.07) is 6.40. The summed E-state index contributed by atoms with van der Waals surface area (Å²) in [5, 5.41) is 0. The normalized spacial score (nSPS) is 25.9. The second-order valence-electron chi connectivity index (χ2n) is 8.59. The smallest absolute Gasteiger partial charge is 0.245 e. The van der Waals surface area contributed by atoms with Gasteiger partial charge in [0.25, 0.3) is 0 Å². The van der Waals surface area contributed by atoms with Gasteiger partial charge in [-0.1, -0.05) is 12.1 Å². The molecular weight excluding hydrogens is 404 g/mol. The number of sulfonamides is 1. The zero-order valence-electron chi connectivity index (χ0n) is 17.7. The fraction of sp³-hybridized carbons (Fsp3) is 0.619. The third kappa shape index (κ3) is 3.69. The number of carbonyl (C=O) groups excluding carboxylic acids is 2. The van der Waals surface area contributed by atoms with Crippen LogP contribution in [0.25, 0.3) is 0 Å². The van der Waals surface area contributed by atoms with E-state index in [0.717, 1.165) is 38.8 Å². The molecule has 0 aromatic heterocycles. The predicted octanol–water partition coefficient (Wildman–Crippen LogP) is 1.13. The van der Waals surface area contributed by atoms with E-state index in [1.807, 2.05) is 15.9 Å². The molecule has 30 heavy (non-hydrogen) atoms. The molecule has 9 heteroatoms. The maximum atomic E-state index is 13.4. The Balaban J connectivity index is 1.71. The van der Waals surface area contributed by atoms with Crippen LogP contribution in [0.2, 0.25) is 0 Å². The minimum Gasteiger partial charge on any atom is -0.354 e. The molecule has 0 radical (unpaired) electrons. The topological polar surface area (TPSA) is 81.2 Å². The number of rotatable bonds is 3. The molecule has 2 fully saturated rings. The fourth-order valence-corrected chi connectivity index (χ4v) is 6.41. The summed E-state index contributed by atoms with van der Waals surface area (Å²) >= 11 is 0. The van der Waals surface area contributed by atoms with E-state index >= 15 is 0 Å². The highest BCUT2D eigenvalue weighted by Gasteiger charge is 2.46. The molecule has 0 saturated carbocycles.